The van der Waals surface area contributed by atoms with Crippen LogP contribution >= 0.6 is 0 Å². The van der Waals surface area contributed by atoms with Crippen molar-refractivity contribution in [2.24, 2.45) is 17.3 Å². The molecule has 6 bridgehead atoms. The Morgan fingerprint density at radius 1 is 0.821 bits per heavy atom. The minimum absolute atomic E-state index is 0.512. The monoisotopic (exact) mass is 380 g/mol. The van der Waals surface area contributed by atoms with Gasteiger partial charge in [0.25, 0.3) is 0 Å². The van der Waals surface area contributed by atoms with Gasteiger partial charge in [-0.1, -0.05) is 36.0 Å². The maximum Gasteiger partial charge on any atom is 0.0379 e. The fourth-order valence-electron chi connectivity index (χ4n) is 7.44. The van der Waals surface area contributed by atoms with E-state index in [-0.39, 0.29) is 0 Å². The van der Waals surface area contributed by atoms with Crippen molar-refractivity contribution in [1.82, 2.24) is 9.80 Å². The number of rotatable bonds is 0. The first-order valence-corrected chi connectivity index (χ1v) is 12.3. The van der Waals surface area contributed by atoms with Crippen molar-refractivity contribution in [3.63, 3.8) is 0 Å². The average Bonchev–Trinajstić information content (AvgIpc) is 2.73. The summed E-state index contributed by atoms with van der Waals surface area (Å²) < 4.78 is 0. The first-order chi connectivity index (χ1) is 13.9. The maximum absolute atomic E-state index is 2.97. The molecule has 6 aliphatic rings. The van der Waals surface area contributed by atoms with E-state index in [2.05, 4.69) is 40.2 Å². The molecule has 0 aromatic heterocycles. The molecule has 0 aromatic carbocycles. The van der Waals surface area contributed by atoms with Crippen LogP contribution in [-0.2, 0) is 0 Å². The first-order valence-electron chi connectivity index (χ1n) is 12.3. The van der Waals surface area contributed by atoms with Gasteiger partial charge in [-0.05, 0) is 102 Å². The molecule has 1 aliphatic carbocycles. The SMILES string of the molecule is C1=C2CC/C=C\CCCCN3CC[C@@H]4[C@H]1CN1CCCC/C=C\CC[C@]4(C3)[C@@H]21. The van der Waals surface area contributed by atoms with Crippen LogP contribution in [0.1, 0.15) is 70.6 Å². The zero-order valence-corrected chi connectivity index (χ0v) is 17.8. The Morgan fingerprint density at radius 2 is 1.61 bits per heavy atom. The molecular weight excluding hydrogens is 340 g/mol. The smallest absolute Gasteiger partial charge is 0.0379 e. The molecule has 154 valence electrons. The third kappa shape index (κ3) is 3.56. The van der Waals surface area contributed by atoms with Crippen LogP contribution in [0.25, 0.3) is 0 Å². The van der Waals surface area contributed by atoms with E-state index < -0.39 is 0 Å². The highest BCUT2D eigenvalue weighted by molar-refractivity contribution is 5.30. The molecule has 2 heteroatoms. The van der Waals surface area contributed by atoms with Crippen molar-refractivity contribution >= 4 is 0 Å². The van der Waals surface area contributed by atoms with Crippen LogP contribution in [0.3, 0.4) is 0 Å². The summed E-state index contributed by atoms with van der Waals surface area (Å²) in [5.41, 5.74) is 2.33. The molecule has 28 heavy (non-hydrogen) atoms. The third-order valence-corrected chi connectivity index (χ3v) is 8.53. The number of hydrogen-bond acceptors (Lipinski definition) is 2. The lowest BCUT2D eigenvalue weighted by atomic mass is 9.52. The fourth-order valence-corrected chi connectivity index (χ4v) is 7.44. The highest BCUT2D eigenvalue weighted by Crippen LogP contribution is 2.57. The van der Waals surface area contributed by atoms with Crippen LogP contribution in [0.4, 0.5) is 0 Å². The van der Waals surface area contributed by atoms with Gasteiger partial charge in [-0.15, -0.1) is 0 Å². The van der Waals surface area contributed by atoms with E-state index in [0.29, 0.717) is 5.41 Å². The molecule has 1 spiro atoms. The van der Waals surface area contributed by atoms with Crippen molar-refractivity contribution in [2.45, 2.75) is 76.7 Å². The first kappa shape index (κ1) is 19.1. The lowest BCUT2D eigenvalue weighted by molar-refractivity contribution is -0.109. The number of fused-ring (bicyclic) bond motifs is 1. The molecule has 2 fully saturated rings. The summed E-state index contributed by atoms with van der Waals surface area (Å²) in [4.78, 5) is 5.84. The lowest BCUT2D eigenvalue weighted by Crippen LogP contribution is -2.68. The number of nitrogens with zero attached hydrogens (tertiary/aromatic N) is 2. The predicted octanol–water partition coefficient (Wildman–Crippen LogP) is 5.58. The molecule has 6 atom stereocenters. The van der Waals surface area contributed by atoms with E-state index in [0.717, 1.165) is 17.9 Å². The average molecular weight is 381 g/mol. The van der Waals surface area contributed by atoms with Gasteiger partial charge in [-0.25, -0.2) is 0 Å². The molecule has 6 rings (SSSR count). The molecule has 5 aliphatic heterocycles. The van der Waals surface area contributed by atoms with Crippen molar-refractivity contribution < 1.29 is 0 Å². The van der Waals surface area contributed by atoms with E-state index in [1.807, 2.05) is 5.57 Å². The quantitative estimate of drug-likeness (QED) is 0.507. The van der Waals surface area contributed by atoms with E-state index in [1.165, 1.54) is 103 Å². The summed E-state index contributed by atoms with van der Waals surface area (Å²) >= 11 is 0. The van der Waals surface area contributed by atoms with E-state index in [4.69, 9.17) is 0 Å². The highest BCUT2D eigenvalue weighted by atomic mass is 15.2. The number of hydrogen-bond donors (Lipinski definition) is 0. The van der Waals surface area contributed by atoms with Crippen molar-refractivity contribution in [3.8, 4) is 0 Å². The topological polar surface area (TPSA) is 6.48 Å². The molecule has 2 saturated heterocycles. The zero-order valence-electron chi connectivity index (χ0n) is 17.8. The minimum Gasteiger partial charge on any atom is -0.303 e. The van der Waals surface area contributed by atoms with E-state index in [9.17, 15) is 0 Å². The largest absolute Gasteiger partial charge is 0.303 e. The van der Waals surface area contributed by atoms with Crippen molar-refractivity contribution in [2.75, 3.05) is 32.7 Å². The Kier molecular flexibility index (Phi) is 5.79. The summed E-state index contributed by atoms with van der Waals surface area (Å²) in [7, 11) is 0. The zero-order chi connectivity index (χ0) is 18.8. The van der Waals surface area contributed by atoms with Crippen molar-refractivity contribution in [1.29, 1.82) is 0 Å². The molecule has 0 amide bonds. The Bertz CT molecular complexity index is 632. The second-order valence-corrected chi connectivity index (χ2v) is 10.2. The summed E-state index contributed by atoms with van der Waals surface area (Å²) in [6, 6.07) is 0.728. The van der Waals surface area contributed by atoms with Crippen molar-refractivity contribution in [3.05, 3.63) is 36.0 Å². The Morgan fingerprint density at radius 3 is 2.50 bits per heavy atom. The molecule has 2 nitrogen and oxygen atoms in total. The normalized spacial score (nSPS) is 46.3. The van der Waals surface area contributed by atoms with Gasteiger partial charge in [-0.3, -0.25) is 4.90 Å². The number of piperidine rings is 2. The molecular formula is C26H40N2. The van der Waals surface area contributed by atoms with Crippen LogP contribution < -0.4 is 0 Å². The van der Waals surface area contributed by atoms with E-state index >= 15 is 0 Å². The van der Waals surface area contributed by atoms with Crippen LogP contribution in [0.2, 0.25) is 0 Å². The van der Waals surface area contributed by atoms with Crippen LogP contribution in [0, 0.1) is 17.3 Å². The predicted molar refractivity (Wildman–Crippen MR) is 118 cm³/mol. The number of allylic oxidation sites excluding steroid dienone is 4. The summed E-state index contributed by atoms with van der Waals surface area (Å²) in [5, 5.41) is 0. The second-order valence-electron chi connectivity index (χ2n) is 10.2. The van der Waals surface area contributed by atoms with Gasteiger partial charge in [0.15, 0.2) is 0 Å². The second kappa shape index (κ2) is 8.48. The lowest BCUT2D eigenvalue weighted by Gasteiger charge is -2.64. The van der Waals surface area contributed by atoms with Gasteiger partial charge in [0, 0.05) is 24.5 Å². The van der Waals surface area contributed by atoms with Crippen LogP contribution in [0.5, 0.6) is 0 Å². The van der Waals surface area contributed by atoms with Crippen LogP contribution in [0.15, 0.2) is 36.0 Å². The van der Waals surface area contributed by atoms with E-state index in [1.54, 1.807) is 0 Å². The van der Waals surface area contributed by atoms with Gasteiger partial charge < -0.3 is 4.90 Å². The summed E-state index contributed by atoms with van der Waals surface area (Å²) in [6.07, 6.45) is 27.5. The standard InChI is InChI=1S/C26H40N2/c1-3-7-11-16-27-18-14-24-23-19-22(13-9-5-1)25-26(24,21-27)15-10-6-2-4-8-12-17-28(25)20-23/h1-2,5-6,19,23-25H,3-4,7-18,20-21H2/b5-1-,6-2-/t23-,24-,25-,26-/m1/s1. The van der Waals surface area contributed by atoms with Gasteiger partial charge in [0.05, 0.1) is 0 Å². The summed E-state index contributed by atoms with van der Waals surface area (Å²) in [5.74, 6) is 1.75. The Hall–Kier alpha value is -0.860. The molecule has 5 heterocycles. The fraction of sp³-hybridized carbons (Fsp3) is 0.769. The highest BCUT2D eigenvalue weighted by Gasteiger charge is 2.58. The Balaban J connectivity index is 1.53. The van der Waals surface area contributed by atoms with Gasteiger partial charge in [0.2, 0.25) is 0 Å². The minimum atomic E-state index is 0.512. The molecule has 2 unspecified atom stereocenters. The molecule has 0 N–H and O–H groups in total. The molecule has 0 radical (unpaired) electrons. The van der Waals surface area contributed by atoms with Crippen LogP contribution in [-0.4, -0.2) is 48.6 Å². The van der Waals surface area contributed by atoms with Gasteiger partial charge >= 0.3 is 0 Å². The third-order valence-electron chi connectivity index (χ3n) is 8.53. The summed E-state index contributed by atoms with van der Waals surface area (Å²) in [6.45, 7) is 6.73. The Labute approximate surface area is 172 Å². The maximum atomic E-state index is 2.97. The molecule has 0 saturated carbocycles. The molecule has 0 aromatic rings. The van der Waals surface area contributed by atoms with Gasteiger partial charge in [0.1, 0.15) is 0 Å². The van der Waals surface area contributed by atoms with Gasteiger partial charge in [-0.2, -0.15) is 0 Å².